The van der Waals surface area contributed by atoms with E-state index in [1.807, 2.05) is 6.07 Å². The zero-order chi connectivity index (χ0) is 11.5. The van der Waals surface area contributed by atoms with Crippen LogP contribution in [0.25, 0.3) is 0 Å². The van der Waals surface area contributed by atoms with Gasteiger partial charge in [0.2, 0.25) is 0 Å². The van der Waals surface area contributed by atoms with E-state index in [1.165, 1.54) is 0 Å². The third-order valence-corrected chi connectivity index (χ3v) is 2.85. The number of aromatic nitrogens is 2. The minimum absolute atomic E-state index is 0.0378. The summed E-state index contributed by atoms with van der Waals surface area (Å²) in [5, 5.41) is 16.6. The van der Waals surface area contributed by atoms with E-state index in [-0.39, 0.29) is 5.69 Å². The van der Waals surface area contributed by atoms with Gasteiger partial charge in [-0.1, -0.05) is 0 Å². The Morgan fingerprint density at radius 1 is 1.44 bits per heavy atom. The van der Waals surface area contributed by atoms with Gasteiger partial charge >= 0.3 is 5.97 Å². The first-order valence-electron chi connectivity index (χ1n) is 5.33. The Kier molecular flexibility index (Phi) is 3.14. The fraction of sp³-hybridized carbons (Fsp3) is 0.545. The van der Waals surface area contributed by atoms with Gasteiger partial charge in [0.05, 0.1) is 5.69 Å². The Morgan fingerprint density at radius 3 is 2.69 bits per heavy atom. The third-order valence-electron chi connectivity index (χ3n) is 2.85. The average molecular weight is 222 g/mol. The second-order valence-electron chi connectivity index (χ2n) is 3.99. The van der Waals surface area contributed by atoms with Crippen molar-refractivity contribution in [2.24, 2.45) is 0 Å². The molecular weight excluding hydrogens is 208 g/mol. The molecule has 0 unspecified atom stereocenters. The quantitative estimate of drug-likeness (QED) is 0.818. The van der Waals surface area contributed by atoms with Crippen LogP contribution in [0.1, 0.15) is 40.5 Å². The number of aryl methyl sites for hydroxylation is 1. The summed E-state index contributed by atoms with van der Waals surface area (Å²) in [6.07, 6.45) is 1.86. The van der Waals surface area contributed by atoms with Gasteiger partial charge in [-0.25, -0.2) is 4.79 Å². The Morgan fingerprint density at radius 2 is 2.12 bits per heavy atom. The van der Waals surface area contributed by atoms with E-state index in [4.69, 9.17) is 9.84 Å². The molecule has 0 radical (unpaired) electrons. The third kappa shape index (κ3) is 2.19. The summed E-state index contributed by atoms with van der Waals surface area (Å²) in [4.78, 5) is 10.8. The van der Waals surface area contributed by atoms with Crippen molar-refractivity contribution in [3.63, 3.8) is 0 Å². The number of carbonyl (C=O) groups is 1. The second kappa shape index (κ2) is 4.57. The highest BCUT2D eigenvalue weighted by Crippen LogP contribution is 2.25. The predicted octanol–water partition coefficient (Wildman–Crippen LogP) is 1.38. The molecule has 86 valence electrons. The number of hydrogen-bond donors (Lipinski definition) is 1. The molecule has 0 amide bonds. The minimum atomic E-state index is -1.02. The summed E-state index contributed by atoms with van der Waals surface area (Å²) in [6, 6.07) is 1.83. The van der Waals surface area contributed by atoms with Crippen LogP contribution >= 0.6 is 0 Å². The first kappa shape index (κ1) is 11.0. The molecule has 1 aromatic rings. The minimum Gasteiger partial charge on any atom is -0.476 e. The molecule has 1 aromatic heterocycles. The second-order valence-corrected chi connectivity index (χ2v) is 3.99. The topological polar surface area (TPSA) is 72.3 Å². The molecule has 1 aliphatic rings. The van der Waals surface area contributed by atoms with Crippen LogP contribution in [0.3, 0.4) is 0 Å². The van der Waals surface area contributed by atoms with E-state index >= 15 is 0 Å². The predicted molar refractivity (Wildman–Crippen MR) is 56.5 cm³/mol. The first-order valence-corrected chi connectivity index (χ1v) is 5.33. The van der Waals surface area contributed by atoms with Crippen LogP contribution in [0.5, 0.6) is 0 Å². The van der Waals surface area contributed by atoms with Crippen LogP contribution in [0.15, 0.2) is 6.07 Å². The molecule has 1 aliphatic heterocycles. The molecule has 0 saturated carbocycles. The zero-order valence-electron chi connectivity index (χ0n) is 9.14. The van der Waals surface area contributed by atoms with Gasteiger partial charge in [0.1, 0.15) is 0 Å². The van der Waals surface area contributed by atoms with Gasteiger partial charge in [-0.2, -0.15) is 5.10 Å². The van der Waals surface area contributed by atoms with E-state index in [0.717, 1.165) is 31.7 Å². The van der Waals surface area contributed by atoms with Gasteiger partial charge in [0.15, 0.2) is 5.69 Å². The zero-order valence-corrected chi connectivity index (χ0v) is 9.14. The molecule has 0 aliphatic carbocycles. The lowest BCUT2D eigenvalue weighted by Crippen LogP contribution is -2.17. The Labute approximate surface area is 93.5 Å². The van der Waals surface area contributed by atoms with Crippen molar-refractivity contribution in [2.45, 2.75) is 25.7 Å². The number of ether oxygens (including phenoxy) is 1. The lowest BCUT2D eigenvalue weighted by Gasteiger charge is -2.21. The summed E-state index contributed by atoms with van der Waals surface area (Å²) in [6.45, 7) is 3.24. The van der Waals surface area contributed by atoms with Crippen LogP contribution < -0.4 is 0 Å². The smallest absolute Gasteiger partial charge is 0.356 e. The van der Waals surface area contributed by atoms with E-state index in [0.29, 0.717) is 11.5 Å². The summed E-state index contributed by atoms with van der Waals surface area (Å²) < 4.78 is 5.27. The number of nitrogens with zero attached hydrogens (tertiary/aromatic N) is 2. The summed E-state index contributed by atoms with van der Waals surface area (Å²) >= 11 is 0. The van der Waals surface area contributed by atoms with E-state index in [2.05, 4.69) is 10.2 Å². The monoisotopic (exact) mass is 222 g/mol. The normalized spacial score (nSPS) is 17.3. The molecule has 16 heavy (non-hydrogen) atoms. The van der Waals surface area contributed by atoms with Gasteiger partial charge in [0, 0.05) is 19.1 Å². The Hall–Kier alpha value is -1.49. The summed E-state index contributed by atoms with van der Waals surface area (Å²) in [5.41, 5.74) is 1.59. The van der Waals surface area contributed by atoms with Gasteiger partial charge < -0.3 is 9.84 Å². The van der Waals surface area contributed by atoms with Crippen molar-refractivity contribution < 1.29 is 14.6 Å². The number of carboxylic acid groups (broad SMARTS) is 1. The van der Waals surface area contributed by atoms with Crippen molar-refractivity contribution in [3.05, 3.63) is 23.0 Å². The number of rotatable bonds is 2. The maximum Gasteiger partial charge on any atom is 0.356 e. The van der Waals surface area contributed by atoms with Crippen molar-refractivity contribution in [1.29, 1.82) is 0 Å². The standard InChI is InChI=1S/C11H14N2O3/c1-7-6-9(8-2-4-16-5-3-8)12-13-10(7)11(14)15/h6,8H,2-5H2,1H3,(H,14,15). The van der Waals surface area contributed by atoms with Crippen molar-refractivity contribution in [2.75, 3.05) is 13.2 Å². The average Bonchev–Trinajstić information content (AvgIpc) is 2.29. The Bertz CT molecular complexity index is 400. The Balaban J connectivity index is 2.23. The fourth-order valence-electron chi connectivity index (χ4n) is 1.91. The van der Waals surface area contributed by atoms with Gasteiger partial charge in [-0.05, 0) is 31.4 Å². The summed E-state index contributed by atoms with van der Waals surface area (Å²) in [7, 11) is 0. The number of carboxylic acids is 1. The van der Waals surface area contributed by atoms with Crippen LogP contribution in [-0.4, -0.2) is 34.5 Å². The molecule has 1 fully saturated rings. The van der Waals surface area contributed by atoms with E-state index in [1.54, 1.807) is 6.92 Å². The lowest BCUT2D eigenvalue weighted by molar-refractivity contribution is 0.0687. The largest absolute Gasteiger partial charge is 0.476 e. The lowest BCUT2D eigenvalue weighted by atomic mass is 9.95. The van der Waals surface area contributed by atoms with Crippen LogP contribution in [-0.2, 0) is 4.74 Å². The molecule has 2 rings (SSSR count). The van der Waals surface area contributed by atoms with Crippen molar-refractivity contribution in [3.8, 4) is 0 Å². The highest BCUT2D eigenvalue weighted by atomic mass is 16.5. The molecule has 0 atom stereocenters. The number of aromatic carboxylic acids is 1. The molecule has 1 saturated heterocycles. The molecule has 5 nitrogen and oxygen atoms in total. The van der Waals surface area contributed by atoms with Gasteiger partial charge in [-0.3, -0.25) is 0 Å². The van der Waals surface area contributed by atoms with Crippen LogP contribution in [0.2, 0.25) is 0 Å². The fourth-order valence-corrected chi connectivity index (χ4v) is 1.91. The molecule has 5 heteroatoms. The highest BCUT2D eigenvalue weighted by molar-refractivity contribution is 5.86. The number of hydrogen-bond acceptors (Lipinski definition) is 4. The molecular formula is C11H14N2O3. The SMILES string of the molecule is Cc1cc(C2CCOCC2)nnc1C(=O)O. The highest BCUT2D eigenvalue weighted by Gasteiger charge is 2.19. The maximum absolute atomic E-state index is 10.8. The van der Waals surface area contributed by atoms with Gasteiger partial charge in [0.25, 0.3) is 0 Å². The van der Waals surface area contributed by atoms with E-state index in [9.17, 15) is 4.79 Å². The maximum atomic E-state index is 10.8. The van der Waals surface area contributed by atoms with Gasteiger partial charge in [-0.15, -0.1) is 5.10 Å². The molecule has 0 aromatic carbocycles. The molecule has 0 spiro atoms. The van der Waals surface area contributed by atoms with Crippen LogP contribution in [0.4, 0.5) is 0 Å². The molecule has 0 bridgehead atoms. The van der Waals surface area contributed by atoms with Crippen molar-refractivity contribution >= 4 is 5.97 Å². The summed E-state index contributed by atoms with van der Waals surface area (Å²) in [5.74, 6) is -0.675. The van der Waals surface area contributed by atoms with Crippen LogP contribution in [0, 0.1) is 6.92 Å². The molecule has 2 heterocycles. The first-order chi connectivity index (χ1) is 7.68. The van der Waals surface area contributed by atoms with Crippen molar-refractivity contribution in [1.82, 2.24) is 10.2 Å². The molecule has 1 N–H and O–H groups in total. The van der Waals surface area contributed by atoms with E-state index < -0.39 is 5.97 Å².